The summed E-state index contributed by atoms with van der Waals surface area (Å²) in [5.74, 6) is 0.251. The molecule has 1 unspecified atom stereocenters. The third kappa shape index (κ3) is 3.19. The second kappa shape index (κ2) is 6.03. The molecule has 21 heavy (non-hydrogen) atoms. The Morgan fingerprint density at radius 2 is 1.95 bits per heavy atom. The second-order valence-electron chi connectivity index (χ2n) is 5.74. The summed E-state index contributed by atoms with van der Waals surface area (Å²) in [6, 6.07) is 9.26. The molecule has 1 aromatic carbocycles. The first-order chi connectivity index (χ1) is 9.87. The van der Waals surface area contributed by atoms with Gasteiger partial charge in [0, 0.05) is 12.2 Å². The highest BCUT2D eigenvalue weighted by atomic mass is 32.2. The maximum absolute atomic E-state index is 12.9. The summed E-state index contributed by atoms with van der Waals surface area (Å²) in [5.41, 5.74) is 7.11. The van der Waals surface area contributed by atoms with Gasteiger partial charge in [0.05, 0.1) is 0 Å². The fourth-order valence-corrected chi connectivity index (χ4v) is 4.14. The van der Waals surface area contributed by atoms with Gasteiger partial charge in [-0.2, -0.15) is 0 Å². The molecule has 0 saturated heterocycles. The Bertz CT molecular complexity index is 648. The Labute approximate surface area is 126 Å². The van der Waals surface area contributed by atoms with E-state index in [1.54, 1.807) is 18.2 Å². The average molecular weight is 306 g/mol. The van der Waals surface area contributed by atoms with Crippen LogP contribution >= 0.6 is 0 Å². The molecule has 5 heteroatoms. The van der Waals surface area contributed by atoms with E-state index in [0.717, 1.165) is 5.56 Å². The lowest BCUT2D eigenvalue weighted by molar-refractivity contribution is 0.527. The number of nitrogens with one attached hydrogen (secondary N) is 1. The van der Waals surface area contributed by atoms with Crippen LogP contribution in [0, 0.1) is 5.92 Å². The molecule has 0 bridgehead atoms. The highest BCUT2D eigenvalue weighted by molar-refractivity contribution is 7.90. The van der Waals surface area contributed by atoms with Crippen molar-refractivity contribution in [3.63, 3.8) is 0 Å². The van der Waals surface area contributed by atoms with Crippen LogP contribution < -0.4 is 10.5 Å². The van der Waals surface area contributed by atoms with Gasteiger partial charge in [-0.05, 0) is 24.0 Å². The van der Waals surface area contributed by atoms with Gasteiger partial charge < -0.3 is 5.73 Å². The number of nitrogens with two attached hydrogens (primary N) is 1. The summed E-state index contributed by atoms with van der Waals surface area (Å²) >= 11 is 0. The average Bonchev–Trinajstić information content (AvgIpc) is 2.47. The summed E-state index contributed by atoms with van der Waals surface area (Å²) in [6.45, 7) is 4.38. The fraction of sp³-hybridized carbons (Fsp3) is 0.375. The van der Waals surface area contributed by atoms with Gasteiger partial charge in [0.1, 0.15) is 4.75 Å². The van der Waals surface area contributed by atoms with Crippen molar-refractivity contribution in [2.24, 2.45) is 11.7 Å². The van der Waals surface area contributed by atoms with Gasteiger partial charge in [-0.3, -0.25) is 0 Å². The van der Waals surface area contributed by atoms with Crippen LogP contribution in [0.3, 0.4) is 0 Å². The van der Waals surface area contributed by atoms with Crippen LogP contribution in [-0.4, -0.2) is 15.0 Å². The van der Waals surface area contributed by atoms with Crippen LogP contribution in [0.1, 0.15) is 25.8 Å². The minimum Gasteiger partial charge on any atom is -0.399 e. The number of sulfonamides is 1. The second-order valence-corrected chi connectivity index (χ2v) is 7.77. The maximum atomic E-state index is 12.9. The summed E-state index contributed by atoms with van der Waals surface area (Å²) < 4.78 is 27.4. The number of hydrogen-bond donors (Lipinski definition) is 2. The maximum Gasteiger partial charge on any atom is 0.225 e. The van der Waals surface area contributed by atoms with Gasteiger partial charge in [0.2, 0.25) is 10.0 Å². The third-order valence-electron chi connectivity index (χ3n) is 3.61. The van der Waals surface area contributed by atoms with Crippen molar-refractivity contribution in [3.8, 4) is 0 Å². The molecule has 2 rings (SSSR count). The number of benzene rings is 1. The molecule has 0 radical (unpaired) electrons. The SMILES string of the molecule is CC(C)CNS(=O)(=O)C1(c2ccccc2)C=CC(N)=CC1. The Balaban J connectivity index is 2.46. The molecule has 0 heterocycles. The third-order valence-corrected chi connectivity index (χ3v) is 5.65. The van der Waals surface area contributed by atoms with E-state index < -0.39 is 14.8 Å². The van der Waals surface area contributed by atoms with Gasteiger partial charge in [0.25, 0.3) is 0 Å². The van der Waals surface area contributed by atoms with Crippen LogP contribution in [0.25, 0.3) is 0 Å². The molecule has 0 fully saturated rings. The fourth-order valence-electron chi connectivity index (χ4n) is 2.33. The van der Waals surface area contributed by atoms with E-state index in [0.29, 0.717) is 18.7 Å². The predicted molar refractivity (Wildman–Crippen MR) is 85.9 cm³/mol. The van der Waals surface area contributed by atoms with Crippen molar-refractivity contribution in [1.29, 1.82) is 0 Å². The van der Waals surface area contributed by atoms with Crippen LogP contribution in [0.5, 0.6) is 0 Å². The smallest absolute Gasteiger partial charge is 0.225 e. The van der Waals surface area contributed by atoms with Gasteiger partial charge in [0.15, 0.2) is 0 Å². The molecule has 0 aliphatic heterocycles. The van der Waals surface area contributed by atoms with Crippen molar-refractivity contribution in [2.45, 2.75) is 25.0 Å². The zero-order chi connectivity index (χ0) is 15.5. The first-order valence-corrected chi connectivity index (χ1v) is 8.55. The van der Waals surface area contributed by atoms with Crippen LogP contribution in [-0.2, 0) is 14.8 Å². The number of hydrogen-bond acceptors (Lipinski definition) is 3. The predicted octanol–water partition coefficient (Wildman–Crippen LogP) is 2.26. The van der Waals surface area contributed by atoms with Crippen molar-refractivity contribution in [3.05, 3.63) is 59.8 Å². The van der Waals surface area contributed by atoms with E-state index in [9.17, 15) is 8.42 Å². The molecule has 1 aliphatic carbocycles. The van der Waals surface area contributed by atoms with E-state index in [1.807, 2.05) is 44.2 Å². The van der Waals surface area contributed by atoms with Crippen LogP contribution in [0.4, 0.5) is 0 Å². The van der Waals surface area contributed by atoms with E-state index in [4.69, 9.17) is 5.73 Å². The molecule has 3 N–H and O–H groups in total. The van der Waals surface area contributed by atoms with E-state index in [2.05, 4.69) is 4.72 Å². The van der Waals surface area contributed by atoms with E-state index in [-0.39, 0.29) is 5.92 Å². The molecule has 1 aromatic rings. The molecular weight excluding hydrogens is 284 g/mol. The number of rotatable bonds is 5. The van der Waals surface area contributed by atoms with Crippen molar-refractivity contribution < 1.29 is 8.42 Å². The van der Waals surface area contributed by atoms with Crippen LogP contribution in [0.15, 0.2) is 54.3 Å². The molecule has 0 aromatic heterocycles. The minimum absolute atomic E-state index is 0.251. The lowest BCUT2D eigenvalue weighted by atomic mass is 9.91. The van der Waals surface area contributed by atoms with Crippen LogP contribution in [0.2, 0.25) is 0 Å². The molecule has 114 valence electrons. The summed E-state index contributed by atoms with van der Waals surface area (Å²) in [5, 5.41) is 0. The van der Waals surface area contributed by atoms with Crippen molar-refractivity contribution in [1.82, 2.24) is 4.72 Å². The Morgan fingerprint density at radius 3 is 2.48 bits per heavy atom. The zero-order valence-electron chi connectivity index (χ0n) is 12.4. The Hall–Kier alpha value is -1.59. The lowest BCUT2D eigenvalue weighted by Gasteiger charge is -2.32. The first-order valence-electron chi connectivity index (χ1n) is 7.07. The van der Waals surface area contributed by atoms with Gasteiger partial charge >= 0.3 is 0 Å². The molecule has 0 saturated carbocycles. The highest BCUT2D eigenvalue weighted by Crippen LogP contribution is 2.38. The molecule has 0 spiro atoms. The minimum atomic E-state index is -3.55. The molecule has 4 nitrogen and oxygen atoms in total. The van der Waals surface area contributed by atoms with Gasteiger partial charge in [-0.15, -0.1) is 0 Å². The first kappa shape index (κ1) is 15.8. The molecule has 1 aliphatic rings. The summed E-state index contributed by atoms with van der Waals surface area (Å²) in [6.07, 6.45) is 5.47. The Kier molecular flexibility index (Phi) is 4.54. The largest absolute Gasteiger partial charge is 0.399 e. The van der Waals surface area contributed by atoms with Crippen molar-refractivity contribution >= 4 is 10.0 Å². The van der Waals surface area contributed by atoms with E-state index in [1.165, 1.54) is 0 Å². The quantitative estimate of drug-likeness (QED) is 0.876. The zero-order valence-corrected chi connectivity index (χ0v) is 13.2. The van der Waals surface area contributed by atoms with Gasteiger partial charge in [-0.25, -0.2) is 13.1 Å². The molecular formula is C16H22N2O2S. The lowest BCUT2D eigenvalue weighted by Crippen LogP contribution is -2.44. The highest BCUT2D eigenvalue weighted by Gasteiger charge is 2.43. The monoisotopic (exact) mass is 306 g/mol. The normalized spacial score (nSPS) is 22.3. The molecule has 0 amide bonds. The Morgan fingerprint density at radius 1 is 1.29 bits per heavy atom. The number of allylic oxidation sites excluding steroid dienone is 2. The van der Waals surface area contributed by atoms with E-state index >= 15 is 0 Å². The standard InChI is InChI=1S/C16H22N2O2S/c1-13(2)12-18-21(19,20)16(10-8-15(17)9-11-16)14-6-4-3-5-7-14/h3-10,13,18H,11-12,17H2,1-2H3. The molecule has 1 atom stereocenters. The van der Waals surface area contributed by atoms with Crippen molar-refractivity contribution in [2.75, 3.05) is 6.54 Å². The topological polar surface area (TPSA) is 72.2 Å². The summed E-state index contributed by atoms with van der Waals surface area (Å²) in [4.78, 5) is 0. The van der Waals surface area contributed by atoms with Gasteiger partial charge in [-0.1, -0.05) is 56.3 Å². The summed E-state index contributed by atoms with van der Waals surface area (Å²) in [7, 11) is -3.55.